The third kappa shape index (κ3) is 2.70. The second-order valence-electron chi connectivity index (χ2n) is 8.10. The first kappa shape index (κ1) is 17.7. The third-order valence-electron chi connectivity index (χ3n) is 6.76. The highest BCUT2D eigenvalue weighted by Gasteiger charge is 2.52. The zero-order valence-corrected chi connectivity index (χ0v) is 16.0. The van der Waals surface area contributed by atoms with Crippen LogP contribution in [0.4, 0.5) is 0 Å². The van der Waals surface area contributed by atoms with Crippen LogP contribution in [-0.4, -0.2) is 14.2 Å². The zero-order valence-electron chi connectivity index (χ0n) is 15.2. The molecule has 4 rings (SSSR count). The Morgan fingerprint density at radius 1 is 1.31 bits per heavy atom. The molecular formula is C20H25NO4S. The first-order chi connectivity index (χ1) is 12.2. The van der Waals surface area contributed by atoms with Crippen LogP contribution in [0.1, 0.15) is 55.7 Å². The fourth-order valence-electron chi connectivity index (χ4n) is 5.40. The Hall–Kier alpha value is -1.66. The number of carbonyl (C=O) groups excluding carboxylic acids is 1. The van der Waals surface area contributed by atoms with Gasteiger partial charge >= 0.3 is 10.3 Å². The maximum Gasteiger partial charge on any atom is 0.380 e. The lowest BCUT2D eigenvalue weighted by atomic mass is 9.55. The van der Waals surface area contributed by atoms with E-state index in [1.165, 1.54) is 5.56 Å². The molecule has 0 radical (unpaired) electrons. The number of carbonyl (C=O) groups is 1. The van der Waals surface area contributed by atoms with Gasteiger partial charge in [-0.2, -0.15) is 13.6 Å². The fraction of sp³-hybridized carbons (Fsp3) is 0.550. The standard InChI is InChI=1S/C20H25NO4S/c1-3-12-10-16-13(11-18(12)25-26(21,23)24)4-5-15-14(16)8-9-20(2)17(15)6-7-19(20)22/h6-7,10-11,14-15,17H,3-5,8-9H2,1-2H3,(H2,21,23,24)/t14-,15+,17-,20-/m0/s1. The Balaban J connectivity index is 1.73. The maximum absolute atomic E-state index is 12.4. The molecule has 0 aliphatic heterocycles. The van der Waals surface area contributed by atoms with Crippen LogP contribution in [0.5, 0.6) is 5.75 Å². The Labute approximate surface area is 154 Å². The highest BCUT2D eigenvalue weighted by atomic mass is 32.2. The van der Waals surface area contributed by atoms with Crippen molar-refractivity contribution in [2.75, 3.05) is 0 Å². The lowest BCUT2D eigenvalue weighted by Crippen LogP contribution is -2.43. The zero-order chi connectivity index (χ0) is 18.7. The van der Waals surface area contributed by atoms with Crippen molar-refractivity contribution in [3.05, 3.63) is 41.0 Å². The molecule has 26 heavy (non-hydrogen) atoms. The summed E-state index contributed by atoms with van der Waals surface area (Å²) in [6, 6.07) is 3.97. The molecule has 0 saturated heterocycles. The molecule has 0 heterocycles. The number of nitrogens with two attached hydrogens (primary N) is 1. The van der Waals surface area contributed by atoms with E-state index in [0.29, 0.717) is 29.9 Å². The van der Waals surface area contributed by atoms with Crippen LogP contribution < -0.4 is 9.32 Å². The van der Waals surface area contributed by atoms with Gasteiger partial charge in [-0.05, 0) is 78.7 Å². The third-order valence-corrected chi connectivity index (χ3v) is 7.17. The van der Waals surface area contributed by atoms with Gasteiger partial charge in [-0.15, -0.1) is 0 Å². The summed E-state index contributed by atoms with van der Waals surface area (Å²) in [7, 11) is -4.03. The smallest absolute Gasteiger partial charge is 0.371 e. The summed E-state index contributed by atoms with van der Waals surface area (Å²) in [5.74, 6) is 1.83. The Kier molecular flexibility index (Phi) is 4.04. The second-order valence-corrected chi connectivity index (χ2v) is 9.26. The van der Waals surface area contributed by atoms with E-state index >= 15 is 0 Å². The molecular weight excluding hydrogens is 350 g/mol. The lowest BCUT2D eigenvalue weighted by molar-refractivity contribution is -0.126. The van der Waals surface area contributed by atoms with Crippen LogP contribution in [0.3, 0.4) is 0 Å². The van der Waals surface area contributed by atoms with Crippen molar-refractivity contribution in [1.29, 1.82) is 0 Å². The maximum atomic E-state index is 12.4. The van der Waals surface area contributed by atoms with Gasteiger partial charge in [0.05, 0.1) is 0 Å². The van der Waals surface area contributed by atoms with Crippen LogP contribution in [0, 0.1) is 17.3 Å². The van der Waals surface area contributed by atoms with Crippen molar-refractivity contribution in [2.45, 2.75) is 51.9 Å². The van der Waals surface area contributed by atoms with Gasteiger partial charge in [-0.3, -0.25) is 4.79 Å². The normalized spacial score (nSPS) is 32.7. The minimum Gasteiger partial charge on any atom is -0.371 e. The molecule has 1 aromatic carbocycles. The number of hydrogen-bond donors (Lipinski definition) is 1. The van der Waals surface area contributed by atoms with Gasteiger partial charge in [-0.25, -0.2) is 0 Å². The van der Waals surface area contributed by atoms with E-state index in [4.69, 9.17) is 9.32 Å². The van der Waals surface area contributed by atoms with Gasteiger partial charge in [0.2, 0.25) is 0 Å². The highest BCUT2D eigenvalue weighted by Crippen LogP contribution is 2.57. The van der Waals surface area contributed by atoms with E-state index in [1.807, 2.05) is 13.0 Å². The van der Waals surface area contributed by atoms with E-state index in [1.54, 1.807) is 6.08 Å². The molecule has 3 aliphatic rings. The molecule has 0 aromatic heterocycles. The van der Waals surface area contributed by atoms with Crippen molar-refractivity contribution < 1.29 is 17.4 Å². The van der Waals surface area contributed by atoms with E-state index in [0.717, 1.165) is 36.8 Å². The van der Waals surface area contributed by atoms with Crippen molar-refractivity contribution in [2.24, 2.45) is 22.4 Å². The number of benzene rings is 1. The van der Waals surface area contributed by atoms with E-state index in [-0.39, 0.29) is 11.2 Å². The van der Waals surface area contributed by atoms with Crippen molar-refractivity contribution in [3.8, 4) is 5.75 Å². The van der Waals surface area contributed by atoms with Crippen molar-refractivity contribution in [1.82, 2.24) is 0 Å². The van der Waals surface area contributed by atoms with Crippen LogP contribution >= 0.6 is 0 Å². The molecule has 0 unspecified atom stereocenters. The van der Waals surface area contributed by atoms with Crippen LogP contribution in [0.2, 0.25) is 0 Å². The van der Waals surface area contributed by atoms with Crippen LogP contribution in [0.25, 0.3) is 0 Å². The average molecular weight is 375 g/mol. The molecule has 6 heteroatoms. The summed E-state index contributed by atoms with van der Waals surface area (Å²) in [6.45, 7) is 4.10. The van der Waals surface area contributed by atoms with Crippen molar-refractivity contribution in [3.63, 3.8) is 0 Å². The minimum atomic E-state index is -4.03. The molecule has 1 saturated carbocycles. The van der Waals surface area contributed by atoms with Crippen molar-refractivity contribution >= 4 is 16.1 Å². The van der Waals surface area contributed by atoms with Gasteiger partial charge in [0.1, 0.15) is 5.75 Å². The predicted octanol–water partition coefficient (Wildman–Crippen LogP) is 3.03. The summed E-state index contributed by atoms with van der Waals surface area (Å²) in [6.07, 6.45) is 8.37. The topological polar surface area (TPSA) is 86.5 Å². The first-order valence-corrected chi connectivity index (χ1v) is 10.8. The monoisotopic (exact) mass is 375 g/mol. The molecule has 3 aliphatic carbocycles. The SMILES string of the molecule is CCc1cc2c(cc1OS(N)(=O)=O)CC[C@@H]1[C@@H]2CC[C@]2(C)C(=O)C=C[C@@H]12. The number of allylic oxidation sites excluding steroid dienone is 2. The Morgan fingerprint density at radius 2 is 2.08 bits per heavy atom. The van der Waals surface area contributed by atoms with Crippen LogP contribution in [0.15, 0.2) is 24.3 Å². The molecule has 0 bridgehead atoms. The predicted molar refractivity (Wildman–Crippen MR) is 99.1 cm³/mol. The van der Waals surface area contributed by atoms with Gasteiger partial charge in [0, 0.05) is 5.41 Å². The van der Waals surface area contributed by atoms with Gasteiger partial charge < -0.3 is 4.18 Å². The molecule has 140 valence electrons. The Morgan fingerprint density at radius 3 is 2.77 bits per heavy atom. The highest BCUT2D eigenvalue weighted by molar-refractivity contribution is 7.84. The molecule has 1 fully saturated rings. The van der Waals surface area contributed by atoms with E-state index in [9.17, 15) is 13.2 Å². The number of ketones is 1. The van der Waals surface area contributed by atoms with E-state index < -0.39 is 10.3 Å². The Bertz CT molecular complexity index is 905. The number of rotatable bonds is 3. The summed E-state index contributed by atoms with van der Waals surface area (Å²) in [5.41, 5.74) is 3.08. The average Bonchev–Trinajstić information content (AvgIpc) is 2.88. The summed E-state index contributed by atoms with van der Waals surface area (Å²) in [4.78, 5) is 12.4. The lowest BCUT2D eigenvalue weighted by Gasteiger charge is -2.48. The summed E-state index contributed by atoms with van der Waals surface area (Å²) >= 11 is 0. The molecule has 1 aromatic rings. The number of fused-ring (bicyclic) bond motifs is 5. The first-order valence-electron chi connectivity index (χ1n) is 9.33. The fourth-order valence-corrected chi connectivity index (χ4v) is 5.80. The van der Waals surface area contributed by atoms with Gasteiger partial charge in [0.25, 0.3) is 0 Å². The van der Waals surface area contributed by atoms with Gasteiger partial charge in [-0.1, -0.05) is 26.0 Å². The quantitative estimate of drug-likeness (QED) is 0.880. The van der Waals surface area contributed by atoms with Gasteiger partial charge in [0.15, 0.2) is 5.78 Å². The second kappa shape index (κ2) is 5.92. The number of hydrogen-bond acceptors (Lipinski definition) is 4. The minimum absolute atomic E-state index is 0.233. The molecule has 5 nitrogen and oxygen atoms in total. The molecule has 2 N–H and O–H groups in total. The molecule has 4 atom stereocenters. The summed E-state index contributed by atoms with van der Waals surface area (Å²) in [5, 5.41) is 5.07. The summed E-state index contributed by atoms with van der Waals surface area (Å²) < 4.78 is 27.8. The number of aryl methyl sites for hydroxylation is 2. The van der Waals surface area contributed by atoms with Crippen LogP contribution in [-0.2, 0) is 27.9 Å². The largest absolute Gasteiger partial charge is 0.380 e. The molecule has 0 amide bonds. The molecule has 0 spiro atoms. The van der Waals surface area contributed by atoms with E-state index in [2.05, 4.69) is 19.1 Å².